The van der Waals surface area contributed by atoms with Gasteiger partial charge in [-0.05, 0) is 29.6 Å². The third kappa shape index (κ3) is 7.74. The van der Waals surface area contributed by atoms with Gasteiger partial charge in [-0.2, -0.15) is 0 Å². The van der Waals surface area contributed by atoms with Crippen molar-refractivity contribution < 1.29 is 34.4 Å². The summed E-state index contributed by atoms with van der Waals surface area (Å²) in [7, 11) is 0. The minimum Gasteiger partial charge on any atom is 0 e. The van der Waals surface area contributed by atoms with Gasteiger partial charge in [-0.15, -0.1) is 0 Å². The Balaban J connectivity index is -0.000000106. The Kier molecular flexibility index (Phi) is 24.0. The summed E-state index contributed by atoms with van der Waals surface area (Å²) in [4.78, 5) is 0. The zero-order valence-corrected chi connectivity index (χ0v) is 13.7. The van der Waals surface area contributed by atoms with Gasteiger partial charge in [-0.3, -0.25) is 0 Å². The predicted molar refractivity (Wildman–Crippen MR) is 57.6 cm³/mol. The van der Waals surface area contributed by atoms with Gasteiger partial charge in [0.25, 0.3) is 0 Å². The van der Waals surface area contributed by atoms with Crippen LogP contribution in [0.15, 0.2) is 0 Å². The molecule has 0 aromatic heterocycles. The summed E-state index contributed by atoms with van der Waals surface area (Å²) in [6.45, 7) is 25.5. The summed E-state index contributed by atoms with van der Waals surface area (Å²) in [5, 5.41) is 0. The van der Waals surface area contributed by atoms with Crippen molar-refractivity contribution in [1.29, 1.82) is 0 Å². The fourth-order valence-electron chi connectivity index (χ4n) is 2.39. The van der Waals surface area contributed by atoms with Crippen LogP contribution in [0.25, 0.3) is 0 Å². The van der Waals surface area contributed by atoms with Crippen molar-refractivity contribution in [2.45, 2.75) is 34.6 Å². The Morgan fingerprint density at radius 3 is 0.588 bits per heavy atom. The number of hydrogen-bond acceptors (Lipinski definition) is 0. The maximum atomic E-state index is 7.50. The van der Waals surface area contributed by atoms with Crippen molar-refractivity contribution in [3.8, 4) is 0 Å². The summed E-state index contributed by atoms with van der Waals surface area (Å²) in [5.74, 6) is 4.68. The molecule has 1 aliphatic rings. The van der Waals surface area contributed by atoms with Gasteiger partial charge < -0.3 is 0 Å². The molecule has 97 valence electrons. The van der Waals surface area contributed by atoms with Gasteiger partial charge >= 0.3 is 33.9 Å². The van der Waals surface area contributed by atoms with E-state index in [0.717, 1.165) is 29.6 Å². The Bertz CT molecular complexity index is 163. The summed E-state index contributed by atoms with van der Waals surface area (Å²) >= 11 is 0. The minimum atomic E-state index is 0. The van der Waals surface area contributed by atoms with Crippen LogP contribution in [0.3, 0.4) is 0 Å². The Morgan fingerprint density at radius 1 is 0.471 bits per heavy atom. The van der Waals surface area contributed by atoms with Gasteiger partial charge in [0.15, 0.2) is 0 Å². The molecule has 0 aliphatic heterocycles. The molecule has 1 radical (unpaired) electrons. The van der Waals surface area contributed by atoms with E-state index in [0.29, 0.717) is 0 Å². The zero-order valence-electron chi connectivity index (χ0n) is 11.0. The van der Waals surface area contributed by atoms with Crippen LogP contribution >= 0.6 is 0 Å². The van der Waals surface area contributed by atoms with Crippen molar-refractivity contribution in [2.24, 2.45) is 29.6 Å². The summed E-state index contributed by atoms with van der Waals surface area (Å²) in [6, 6.07) is 0. The first kappa shape index (κ1) is 25.7. The molecule has 0 saturated heterocycles. The van der Waals surface area contributed by atoms with Crippen LogP contribution in [0.5, 0.6) is 0 Å². The molecule has 0 N–H and O–H groups in total. The molecule has 0 atom stereocenters. The largest absolute Gasteiger partial charge is 0 e. The van der Waals surface area contributed by atoms with E-state index < -0.39 is 0 Å². The first-order valence-electron chi connectivity index (χ1n) is 5.17. The van der Waals surface area contributed by atoms with Crippen molar-refractivity contribution in [3.63, 3.8) is 0 Å². The molecule has 1 saturated carbocycles. The predicted octanol–water partition coefficient (Wildman–Crippen LogP) is 3.07. The van der Waals surface area contributed by atoms with Crippen LogP contribution in [0.2, 0.25) is 0 Å². The van der Waals surface area contributed by atoms with Crippen LogP contribution < -0.4 is 0 Å². The molecular formula is C13H20O3Re. The standard InChI is InChI=1S/C10H20.3CO.Re/c1-6-7(2)9(4)10(5)8(6)3;3*1-2;/h6-10H,1-5H3;;;;. The van der Waals surface area contributed by atoms with E-state index in [4.69, 9.17) is 14.0 Å². The molecule has 0 aromatic carbocycles. The molecule has 4 heteroatoms. The second-order valence-electron chi connectivity index (χ2n) is 4.30. The molecule has 0 aromatic rings. The van der Waals surface area contributed by atoms with Crippen LogP contribution in [0.1, 0.15) is 34.6 Å². The normalized spacial score (nSPS) is 33.0. The Hall–Kier alpha value is -0.118. The van der Waals surface area contributed by atoms with E-state index in [-0.39, 0.29) is 20.4 Å². The first-order chi connectivity index (χ1) is 7.55. The molecule has 0 heterocycles. The summed E-state index contributed by atoms with van der Waals surface area (Å²) in [5.41, 5.74) is 0. The first-order valence-corrected chi connectivity index (χ1v) is 5.17. The smallest absolute Gasteiger partial charge is 0 e. The van der Waals surface area contributed by atoms with Crippen molar-refractivity contribution in [3.05, 3.63) is 20.0 Å². The second-order valence-corrected chi connectivity index (χ2v) is 4.30. The molecule has 0 bridgehead atoms. The van der Waals surface area contributed by atoms with Crippen LogP contribution in [0, 0.1) is 49.5 Å². The van der Waals surface area contributed by atoms with Gasteiger partial charge in [0, 0.05) is 20.4 Å². The zero-order chi connectivity index (χ0) is 13.9. The van der Waals surface area contributed by atoms with Gasteiger partial charge in [0.2, 0.25) is 0 Å². The number of rotatable bonds is 0. The van der Waals surface area contributed by atoms with E-state index >= 15 is 0 Å². The molecule has 0 amide bonds. The van der Waals surface area contributed by atoms with E-state index in [2.05, 4.69) is 54.6 Å². The van der Waals surface area contributed by atoms with Gasteiger partial charge in [-0.1, -0.05) is 34.6 Å². The summed E-state index contributed by atoms with van der Waals surface area (Å²) in [6.07, 6.45) is 0. The molecule has 17 heavy (non-hydrogen) atoms. The fraction of sp³-hybridized carbons (Fsp3) is 0.769. The molecule has 0 unspecified atom stereocenters. The van der Waals surface area contributed by atoms with Crippen molar-refractivity contribution in [1.82, 2.24) is 0 Å². The molecule has 3 nitrogen and oxygen atoms in total. The SMILES string of the molecule is CC1C(C)C(C)C(C)C1C.[C-]#[O+].[C-]#[O+].[C-]#[O+].[Re]. The average molecular weight is 411 g/mol. The molecule has 1 rings (SSSR count). The topological polar surface area (TPSA) is 59.7 Å². The van der Waals surface area contributed by atoms with E-state index in [1.807, 2.05) is 0 Å². The fourth-order valence-corrected chi connectivity index (χ4v) is 2.39. The van der Waals surface area contributed by atoms with Crippen LogP contribution in [0.4, 0.5) is 0 Å². The molecule has 1 fully saturated rings. The van der Waals surface area contributed by atoms with E-state index in [1.165, 1.54) is 0 Å². The third-order valence-electron chi connectivity index (χ3n) is 4.15. The van der Waals surface area contributed by atoms with E-state index in [9.17, 15) is 0 Å². The van der Waals surface area contributed by atoms with Crippen molar-refractivity contribution in [2.75, 3.05) is 0 Å². The third-order valence-corrected chi connectivity index (χ3v) is 4.15. The molecular weight excluding hydrogens is 390 g/mol. The Labute approximate surface area is 119 Å². The van der Waals surface area contributed by atoms with E-state index in [1.54, 1.807) is 0 Å². The summed E-state index contributed by atoms with van der Waals surface area (Å²) < 4.78 is 22.5. The van der Waals surface area contributed by atoms with Gasteiger partial charge in [0.05, 0.1) is 0 Å². The average Bonchev–Trinajstić information content (AvgIpc) is 2.55. The second kappa shape index (κ2) is 15.9. The number of hydrogen-bond donors (Lipinski definition) is 0. The maximum Gasteiger partial charge on any atom is 0 e. The maximum absolute atomic E-state index is 7.50. The van der Waals surface area contributed by atoms with Crippen molar-refractivity contribution >= 4 is 0 Å². The van der Waals surface area contributed by atoms with Crippen LogP contribution in [-0.4, -0.2) is 0 Å². The molecule has 0 spiro atoms. The van der Waals surface area contributed by atoms with Crippen LogP contribution in [-0.2, 0) is 34.4 Å². The quantitative estimate of drug-likeness (QED) is 0.435. The monoisotopic (exact) mass is 411 g/mol. The minimum absolute atomic E-state index is 0. The van der Waals surface area contributed by atoms with Gasteiger partial charge in [0.1, 0.15) is 0 Å². The Morgan fingerprint density at radius 2 is 0.529 bits per heavy atom. The van der Waals surface area contributed by atoms with Gasteiger partial charge in [-0.25, -0.2) is 0 Å². The molecule has 1 aliphatic carbocycles.